The van der Waals surface area contributed by atoms with Crippen molar-refractivity contribution in [3.8, 4) is 17.1 Å². The summed E-state index contributed by atoms with van der Waals surface area (Å²) in [6.07, 6.45) is 0. The highest BCUT2D eigenvalue weighted by Crippen LogP contribution is 2.19. The van der Waals surface area contributed by atoms with Crippen LogP contribution < -0.4 is 10.1 Å². The van der Waals surface area contributed by atoms with Gasteiger partial charge in [0, 0.05) is 5.56 Å². The van der Waals surface area contributed by atoms with Crippen LogP contribution in [0.4, 0.5) is 0 Å². The summed E-state index contributed by atoms with van der Waals surface area (Å²) in [6.45, 7) is 5.68. The molecule has 0 aliphatic heterocycles. The molecular weight excluding hydrogens is 330 g/mol. The van der Waals surface area contributed by atoms with Gasteiger partial charge in [-0.1, -0.05) is 53.2 Å². The molecule has 134 valence electrons. The second kappa shape index (κ2) is 7.82. The van der Waals surface area contributed by atoms with Gasteiger partial charge in [-0.25, -0.2) is 0 Å². The first-order chi connectivity index (χ1) is 12.5. The molecule has 6 heteroatoms. The predicted octanol–water partition coefficient (Wildman–Crippen LogP) is 3.61. The molecule has 0 radical (unpaired) electrons. The fourth-order valence-electron chi connectivity index (χ4n) is 2.57. The molecule has 1 N–H and O–H groups in total. The molecule has 0 saturated carbocycles. The number of hydrogen-bond acceptors (Lipinski definition) is 5. The van der Waals surface area contributed by atoms with Gasteiger partial charge in [-0.05, 0) is 32.4 Å². The zero-order valence-corrected chi connectivity index (χ0v) is 15.0. The van der Waals surface area contributed by atoms with Crippen molar-refractivity contribution in [2.45, 2.75) is 26.8 Å². The molecule has 0 spiro atoms. The van der Waals surface area contributed by atoms with Crippen LogP contribution in [0.25, 0.3) is 11.4 Å². The van der Waals surface area contributed by atoms with Crippen LogP contribution in [-0.4, -0.2) is 22.7 Å². The van der Waals surface area contributed by atoms with Gasteiger partial charge in [0.2, 0.25) is 11.7 Å². The highest BCUT2D eigenvalue weighted by Gasteiger charge is 2.17. The molecule has 2 aromatic carbocycles. The van der Waals surface area contributed by atoms with Crippen molar-refractivity contribution in [2.75, 3.05) is 6.61 Å². The van der Waals surface area contributed by atoms with Gasteiger partial charge >= 0.3 is 0 Å². The monoisotopic (exact) mass is 351 g/mol. The molecule has 0 unspecified atom stereocenters. The predicted molar refractivity (Wildman–Crippen MR) is 97.7 cm³/mol. The minimum Gasteiger partial charge on any atom is -0.484 e. The smallest absolute Gasteiger partial charge is 0.258 e. The van der Waals surface area contributed by atoms with Crippen molar-refractivity contribution in [3.05, 3.63) is 65.5 Å². The maximum absolute atomic E-state index is 12.1. The molecule has 0 saturated heterocycles. The number of benzene rings is 2. The maximum atomic E-state index is 12.1. The number of nitrogens with zero attached hydrogens (tertiary/aromatic N) is 2. The lowest BCUT2D eigenvalue weighted by Crippen LogP contribution is -2.31. The number of carbonyl (C=O) groups is 1. The third-order valence-corrected chi connectivity index (χ3v) is 3.91. The lowest BCUT2D eigenvalue weighted by Gasteiger charge is -2.12. The summed E-state index contributed by atoms with van der Waals surface area (Å²) in [5.74, 6) is 1.29. The molecule has 1 heterocycles. The van der Waals surface area contributed by atoms with Crippen molar-refractivity contribution in [1.82, 2.24) is 15.5 Å². The first kappa shape index (κ1) is 17.7. The van der Waals surface area contributed by atoms with E-state index in [0.29, 0.717) is 17.5 Å². The molecule has 1 amide bonds. The van der Waals surface area contributed by atoms with Crippen LogP contribution in [0.3, 0.4) is 0 Å². The van der Waals surface area contributed by atoms with Gasteiger partial charge in [0.1, 0.15) is 11.8 Å². The molecule has 0 aliphatic rings. The number of rotatable bonds is 6. The number of nitrogens with one attached hydrogen (secondary N) is 1. The summed E-state index contributed by atoms with van der Waals surface area (Å²) in [7, 11) is 0. The average molecular weight is 351 g/mol. The minimum atomic E-state index is -0.407. The Bertz CT molecular complexity index is 890. The number of aryl methyl sites for hydroxylation is 2. The second-order valence-electron chi connectivity index (χ2n) is 6.17. The Morgan fingerprint density at radius 3 is 2.69 bits per heavy atom. The summed E-state index contributed by atoms with van der Waals surface area (Å²) >= 11 is 0. The van der Waals surface area contributed by atoms with Crippen LogP contribution in [0.1, 0.15) is 30.0 Å². The van der Waals surface area contributed by atoms with Crippen LogP contribution in [0.2, 0.25) is 0 Å². The van der Waals surface area contributed by atoms with Crippen LogP contribution in [0.15, 0.2) is 53.1 Å². The van der Waals surface area contributed by atoms with Crippen molar-refractivity contribution in [2.24, 2.45) is 0 Å². The van der Waals surface area contributed by atoms with E-state index in [9.17, 15) is 4.79 Å². The zero-order chi connectivity index (χ0) is 18.5. The molecule has 0 aliphatic carbocycles. The highest BCUT2D eigenvalue weighted by atomic mass is 16.5. The van der Waals surface area contributed by atoms with E-state index in [0.717, 1.165) is 16.7 Å². The third kappa shape index (κ3) is 4.27. The van der Waals surface area contributed by atoms with Gasteiger partial charge in [0.25, 0.3) is 5.91 Å². The summed E-state index contributed by atoms with van der Waals surface area (Å²) in [6, 6.07) is 14.9. The lowest BCUT2D eigenvalue weighted by atomic mass is 10.1. The summed E-state index contributed by atoms with van der Waals surface area (Å²) < 4.78 is 10.8. The Labute approximate surface area is 152 Å². The van der Waals surface area contributed by atoms with E-state index in [2.05, 4.69) is 15.5 Å². The van der Waals surface area contributed by atoms with Crippen molar-refractivity contribution < 1.29 is 14.1 Å². The van der Waals surface area contributed by atoms with Crippen LogP contribution >= 0.6 is 0 Å². The topological polar surface area (TPSA) is 77.2 Å². The maximum Gasteiger partial charge on any atom is 0.258 e. The molecule has 1 aromatic heterocycles. The van der Waals surface area contributed by atoms with E-state index in [1.54, 1.807) is 6.92 Å². The lowest BCUT2D eigenvalue weighted by molar-refractivity contribution is -0.123. The number of amides is 1. The molecule has 1 atom stereocenters. The number of carbonyl (C=O) groups excluding carboxylic acids is 1. The first-order valence-electron chi connectivity index (χ1n) is 8.41. The molecule has 6 nitrogen and oxygen atoms in total. The van der Waals surface area contributed by atoms with Crippen molar-refractivity contribution in [3.63, 3.8) is 0 Å². The Kier molecular flexibility index (Phi) is 5.31. The largest absolute Gasteiger partial charge is 0.484 e. The van der Waals surface area contributed by atoms with Crippen molar-refractivity contribution in [1.29, 1.82) is 0 Å². The van der Waals surface area contributed by atoms with Gasteiger partial charge in [-0.2, -0.15) is 4.98 Å². The van der Waals surface area contributed by atoms with Gasteiger partial charge in [-0.15, -0.1) is 0 Å². The fourth-order valence-corrected chi connectivity index (χ4v) is 2.57. The van der Waals surface area contributed by atoms with E-state index in [1.165, 1.54) is 0 Å². The van der Waals surface area contributed by atoms with Gasteiger partial charge in [0.05, 0.1) is 0 Å². The van der Waals surface area contributed by atoms with E-state index >= 15 is 0 Å². The van der Waals surface area contributed by atoms with E-state index in [-0.39, 0.29) is 12.5 Å². The normalized spacial score (nSPS) is 11.8. The molecule has 0 bridgehead atoms. The quantitative estimate of drug-likeness (QED) is 0.734. The average Bonchev–Trinajstić information content (AvgIpc) is 3.12. The van der Waals surface area contributed by atoms with Crippen LogP contribution in [-0.2, 0) is 4.79 Å². The Morgan fingerprint density at radius 1 is 1.19 bits per heavy atom. The summed E-state index contributed by atoms with van der Waals surface area (Å²) in [5.41, 5.74) is 3.01. The van der Waals surface area contributed by atoms with E-state index in [4.69, 9.17) is 9.26 Å². The molecule has 26 heavy (non-hydrogen) atoms. The summed E-state index contributed by atoms with van der Waals surface area (Å²) in [5, 5.41) is 6.76. The zero-order valence-electron chi connectivity index (χ0n) is 15.0. The SMILES string of the molecule is Cc1ccc(OCC(=O)N[C@H](C)c2nc(-c3ccccc3)no2)c(C)c1. The highest BCUT2D eigenvalue weighted by molar-refractivity contribution is 5.77. The Balaban J connectivity index is 1.57. The van der Waals surface area contributed by atoms with Crippen LogP contribution in [0, 0.1) is 13.8 Å². The number of aromatic nitrogens is 2. The molecule has 0 fully saturated rings. The fraction of sp³-hybridized carbons (Fsp3) is 0.250. The Hall–Kier alpha value is -3.15. The number of ether oxygens (including phenoxy) is 1. The molecule has 3 rings (SSSR count). The standard InChI is InChI=1S/C20H21N3O3/c1-13-9-10-17(14(2)11-13)25-12-18(24)21-15(3)20-22-19(23-26-20)16-7-5-4-6-8-16/h4-11,15H,12H2,1-3H3,(H,21,24)/t15-/m1/s1. The molecule has 3 aromatic rings. The van der Waals surface area contributed by atoms with Gasteiger partial charge in [0.15, 0.2) is 6.61 Å². The minimum absolute atomic E-state index is 0.0755. The van der Waals surface area contributed by atoms with Gasteiger partial charge in [-0.3, -0.25) is 4.79 Å². The Morgan fingerprint density at radius 2 is 1.96 bits per heavy atom. The first-order valence-corrected chi connectivity index (χ1v) is 8.41. The molecular formula is C20H21N3O3. The van der Waals surface area contributed by atoms with Gasteiger partial charge < -0.3 is 14.6 Å². The number of hydrogen-bond donors (Lipinski definition) is 1. The summed E-state index contributed by atoms with van der Waals surface area (Å²) in [4.78, 5) is 16.5. The third-order valence-electron chi connectivity index (χ3n) is 3.91. The van der Waals surface area contributed by atoms with Crippen molar-refractivity contribution >= 4 is 5.91 Å². The van der Waals surface area contributed by atoms with E-state index < -0.39 is 6.04 Å². The second-order valence-corrected chi connectivity index (χ2v) is 6.17. The van der Waals surface area contributed by atoms with E-state index in [1.807, 2.05) is 62.4 Å². The van der Waals surface area contributed by atoms with Crippen LogP contribution in [0.5, 0.6) is 5.75 Å².